The van der Waals surface area contributed by atoms with Gasteiger partial charge in [0.05, 0.1) is 0 Å². The molecule has 3 heteroatoms. The first-order valence-electron chi connectivity index (χ1n) is 18.9. The standard InChI is InChI=1S/C52H35N3/c1-52(2)47-22-12-11-21-43(47)44-29-34(27-28-48(44)52)32-23-25-33(26-24-32)49-53-50(45-30-35-13-3-5-15-37(35)39-17-7-9-19-41(39)45)55-51(54-49)46-31-36-14-4-6-16-38(36)40-18-8-10-20-42(40)46/h3-31H,1-2H3. The zero-order chi connectivity index (χ0) is 36.7. The van der Waals surface area contributed by atoms with E-state index in [0.717, 1.165) is 43.8 Å². The van der Waals surface area contributed by atoms with Crippen LogP contribution in [-0.4, -0.2) is 15.0 Å². The highest BCUT2D eigenvalue weighted by molar-refractivity contribution is 6.14. The van der Waals surface area contributed by atoms with Gasteiger partial charge in [-0.3, -0.25) is 0 Å². The number of aromatic nitrogens is 3. The molecule has 11 rings (SSSR count). The van der Waals surface area contributed by atoms with Gasteiger partial charge < -0.3 is 0 Å². The highest BCUT2D eigenvalue weighted by Crippen LogP contribution is 2.49. The Morgan fingerprint density at radius 2 is 0.745 bits per heavy atom. The maximum atomic E-state index is 5.32. The Kier molecular flexibility index (Phi) is 6.90. The van der Waals surface area contributed by atoms with Crippen molar-refractivity contribution in [2.75, 3.05) is 0 Å². The van der Waals surface area contributed by atoms with Gasteiger partial charge in [-0.1, -0.05) is 172 Å². The molecule has 0 radical (unpaired) electrons. The molecule has 258 valence electrons. The molecule has 1 aromatic heterocycles. The largest absolute Gasteiger partial charge is 0.208 e. The van der Waals surface area contributed by atoms with Crippen molar-refractivity contribution in [3.63, 3.8) is 0 Å². The Balaban J connectivity index is 1.10. The molecule has 1 aliphatic rings. The number of hydrogen-bond donors (Lipinski definition) is 0. The smallest absolute Gasteiger partial charge is 0.164 e. The van der Waals surface area contributed by atoms with E-state index in [-0.39, 0.29) is 5.41 Å². The summed E-state index contributed by atoms with van der Waals surface area (Å²) >= 11 is 0. The van der Waals surface area contributed by atoms with Crippen LogP contribution in [0.25, 0.3) is 99.5 Å². The maximum Gasteiger partial charge on any atom is 0.164 e. The summed E-state index contributed by atoms with van der Waals surface area (Å²) in [4.78, 5) is 15.9. The Bertz CT molecular complexity index is 3040. The van der Waals surface area contributed by atoms with E-state index in [1.165, 1.54) is 49.4 Å². The molecule has 0 aliphatic heterocycles. The molecule has 0 N–H and O–H groups in total. The normalized spacial score (nSPS) is 13.1. The van der Waals surface area contributed by atoms with Gasteiger partial charge in [-0.05, 0) is 94.7 Å². The van der Waals surface area contributed by atoms with Crippen molar-refractivity contribution in [3.05, 3.63) is 187 Å². The lowest BCUT2D eigenvalue weighted by atomic mass is 9.82. The van der Waals surface area contributed by atoms with E-state index in [1.807, 2.05) is 0 Å². The minimum absolute atomic E-state index is 0.0187. The summed E-state index contributed by atoms with van der Waals surface area (Å²) in [6.45, 7) is 4.65. The van der Waals surface area contributed by atoms with E-state index in [4.69, 9.17) is 15.0 Å². The van der Waals surface area contributed by atoms with Crippen molar-refractivity contribution in [2.24, 2.45) is 0 Å². The highest BCUT2D eigenvalue weighted by atomic mass is 15.0. The first-order valence-corrected chi connectivity index (χ1v) is 18.9. The van der Waals surface area contributed by atoms with Gasteiger partial charge in [-0.25, -0.2) is 15.0 Å². The van der Waals surface area contributed by atoms with Crippen LogP contribution >= 0.6 is 0 Å². The topological polar surface area (TPSA) is 38.7 Å². The van der Waals surface area contributed by atoms with Crippen molar-refractivity contribution in [1.82, 2.24) is 15.0 Å². The van der Waals surface area contributed by atoms with Gasteiger partial charge >= 0.3 is 0 Å². The molecular formula is C52H35N3. The number of hydrogen-bond acceptors (Lipinski definition) is 3. The Labute approximate surface area is 319 Å². The lowest BCUT2D eigenvalue weighted by Gasteiger charge is -2.21. The summed E-state index contributed by atoms with van der Waals surface area (Å²) in [5.74, 6) is 1.96. The van der Waals surface area contributed by atoms with Crippen LogP contribution in [0.5, 0.6) is 0 Å². The van der Waals surface area contributed by atoms with Gasteiger partial charge in [0.15, 0.2) is 17.5 Å². The monoisotopic (exact) mass is 701 g/mol. The van der Waals surface area contributed by atoms with E-state index in [0.29, 0.717) is 17.5 Å². The van der Waals surface area contributed by atoms with Crippen LogP contribution in [-0.2, 0) is 5.41 Å². The van der Waals surface area contributed by atoms with Gasteiger partial charge in [-0.15, -0.1) is 0 Å². The third-order valence-corrected chi connectivity index (χ3v) is 11.7. The Morgan fingerprint density at radius 3 is 1.35 bits per heavy atom. The predicted molar refractivity (Wildman–Crippen MR) is 229 cm³/mol. The molecule has 55 heavy (non-hydrogen) atoms. The van der Waals surface area contributed by atoms with Crippen LogP contribution in [0, 0.1) is 0 Å². The van der Waals surface area contributed by atoms with Crippen molar-refractivity contribution >= 4 is 43.1 Å². The van der Waals surface area contributed by atoms with Crippen LogP contribution in [0.15, 0.2) is 176 Å². The molecule has 0 unspecified atom stereocenters. The Hall–Kier alpha value is -6.97. The van der Waals surface area contributed by atoms with Crippen molar-refractivity contribution in [2.45, 2.75) is 19.3 Å². The number of fused-ring (bicyclic) bond motifs is 9. The van der Waals surface area contributed by atoms with Gasteiger partial charge in [0, 0.05) is 22.1 Å². The fraction of sp³-hybridized carbons (Fsp3) is 0.0577. The van der Waals surface area contributed by atoms with Crippen LogP contribution < -0.4 is 0 Å². The van der Waals surface area contributed by atoms with Crippen LogP contribution in [0.2, 0.25) is 0 Å². The summed E-state index contributed by atoms with van der Waals surface area (Å²) in [6.07, 6.45) is 0. The summed E-state index contributed by atoms with van der Waals surface area (Å²) in [5, 5.41) is 9.33. The minimum atomic E-state index is -0.0187. The first kappa shape index (κ1) is 31.5. The van der Waals surface area contributed by atoms with E-state index < -0.39 is 0 Å². The van der Waals surface area contributed by atoms with Crippen LogP contribution in [0.4, 0.5) is 0 Å². The van der Waals surface area contributed by atoms with Crippen LogP contribution in [0.1, 0.15) is 25.0 Å². The average molecular weight is 702 g/mol. The number of benzene rings is 9. The first-order chi connectivity index (χ1) is 27.0. The molecule has 0 saturated heterocycles. The number of nitrogens with zero attached hydrogens (tertiary/aromatic N) is 3. The minimum Gasteiger partial charge on any atom is -0.208 e. The van der Waals surface area contributed by atoms with E-state index in [2.05, 4.69) is 190 Å². The second kappa shape index (κ2) is 12.0. The molecule has 9 aromatic carbocycles. The zero-order valence-electron chi connectivity index (χ0n) is 30.6. The average Bonchev–Trinajstić information content (AvgIpc) is 3.48. The van der Waals surface area contributed by atoms with Crippen molar-refractivity contribution in [3.8, 4) is 56.4 Å². The zero-order valence-corrected chi connectivity index (χ0v) is 30.6. The lowest BCUT2D eigenvalue weighted by Crippen LogP contribution is -2.14. The second-order valence-electron chi connectivity index (χ2n) is 15.2. The molecule has 1 aliphatic carbocycles. The molecule has 0 bridgehead atoms. The molecule has 0 atom stereocenters. The van der Waals surface area contributed by atoms with E-state index >= 15 is 0 Å². The van der Waals surface area contributed by atoms with Crippen LogP contribution in [0.3, 0.4) is 0 Å². The SMILES string of the molecule is CC1(C)c2ccccc2-c2cc(-c3ccc(-c4nc(-c5cc6ccccc6c6ccccc56)nc(-c5cc6ccccc6c6ccccc56)n4)cc3)ccc21. The predicted octanol–water partition coefficient (Wildman–Crippen LogP) is 13.5. The van der Waals surface area contributed by atoms with E-state index in [9.17, 15) is 0 Å². The van der Waals surface area contributed by atoms with Crippen molar-refractivity contribution in [1.29, 1.82) is 0 Å². The molecule has 0 saturated carbocycles. The summed E-state index contributed by atoms with van der Waals surface area (Å²) in [6, 6.07) is 63.1. The molecule has 0 spiro atoms. The molecule has 3 nitrogen and oxygen atoms in total. The fourth-order valence-corrected chi connectivity index (χ4v) is 8.94. The number of rotatable bonds is 4. The fourth-order valence-electron chi connectivity index (χ4n) is 8.94. The van der Waals surface area contributed by atoms with Gasteiger partial charge in [0.25, 0.3) is 0 Å². The highest BCUT2D eigenvalue weighted by Gasteiger charge is 2.35. The maximum absolute atomic E-state index is 5.32. The summed E-state index contributed by atoms with van der Waals surface area (Å²) < 4.78 is 0. The molecule has 0 amide bonds. The third-order valence-electron chi connectivity index (χ3n) is 11.7. The van der Waals surface area contributed by atoms with Gasteiger partial charge in [-0.2, -0.15) is 0 Å². The summed E-state index contributed by atoms with van der Waals surface area (Å²) in [5.41, 5.74) is 10.7. The third kappa shape index (κ3) is 4.93. The molecular weight excluding hydrogens is 667 g/mol. The molecule has 10 aromatic rings. The molecule has 1 heterocycles. The van der Waals surface area contributed by atoms with E-state index in [1.54, 1.807) is 0 Å². The lowest BCUT2D eigenvalue weighted by molar-refractivity contribution is 0.660. The molecule has 0 fully saturated rings. The summed E-state index contributed by atoms with van der Waals surface area (Å²) in [7, 11) is 0. The van der Waals surface area contributed by atoms with Gasteiger partial charge in [0.1, 0.15) is 0 Å². The second-order valence-corrected chi connectivity index (χ2v) is 15.2. The van der Waals surface area contributed by atoms with Gasteiger partial charge in [0.2, 0.25) is 0 Å². The van der Waals surface area contributed by atoms with Crippen molar-refractivity contribution < 1.29 is 0 Å². The quantitative estimate of drug-likeness (QED) is 0.171. The Morgan fingerprint density at radius 1 is 0.309 bits per heavy atom.